The number of hydrogen-bond donors (Lipinski definition) is 1. The quantitative estimate of drug-likeness (QED) is 0.901. The van der Waals surface area contributed by atoms with Crippen molar-refractivity contribution >= 4 is 0 Å². The third-order valence-electron chi connectivity index (χ3n) is 6.63. The normalized spacial score (nSPS) is 38.9. The molecule has 1 aromatic heterocycles. The SMILES string of the molecule is CC(NCCc1cnn(C)c1)C12CC3CC(CC(C3)C1)C2. The molecule has 116 valence electrons. The van der Waals surface area contributed by atoms with Crippen molar-refractivity contribution in [2.45, 2.75) is 57.9 Å². The molecule has 4 aliphatic rings. The summed E-state index contributed by atoms with van der Waals surface area (Å²) in [7, 11) is 2.00. The van der Waals surface area contributed by atoms with E-state index in [1.165, 1.54) is 24.8 Å². The molecule has 4 fully saturated rings. The van der Waals surface area contributed by atoms with Crippen LogP contribution in [-0.2, 0) is 13.5 Å². The predicted molar refractivity (Wildman–Crippen MR) is 85.0 cm³/mol. The number of hydrogen-bond acceptors (Lipinski definition) is 2. The van der Waals surface area contributed by atoms with E-state index in [-0.39, 0.29) is 0 Å². The largest absolute Gasteiger partial charge is 0.313 e. The molecule has 1 aromatic rings. The van der Waals surface area contributed by atoms with Gasteiger partial charge < -0.3 is 5.32 Å². The van der Waals surface area contributed by atoms with E-state index in [4.69, 9.17) is 0 Å². The highest BCUT2D eigenvalue weighted by molar-refractivity contribution is 5.06. The average molecular weight is 287 g/mol. The zero-order valence-corrected chi connectivity index (χ0v) is 13.5. The maximum Gasteiger partial charge on any atom is 0.0522 e. The first-order valence-corrected chi connectivity index (χ1v) is 8.84. The molecular weight excluding hydrogens is 258 g/mol. The summed E-state index contributed by atoms with van der Waals surface area (Å²) >= 11 is 0. The van der Waals surface area contributed by atoms with Gasteiger partial charge in [-0.15, -0.1) is 0 Å². The van der Waals surface area contributed by atoms with E-state index in [1.807, 2.05) is 17.9 Å². The Morgan fingerprint density at radius 1 is 1.24 bits per heavy atom. The van der Waals surface area contributed by atoms with Gasteiger partial charge in [0.25, 0.3) is 0 Å². The predicted octanol–water partition coefficient (Wildman–Crippen LogP) is 3.16. The van der Waals surface area contributed by atoms with Crippen LogP contribution in [0.2, 0.25) is 0 Å². The van der Waals surface area contributed by atoms with E-state index in [2.05, 4.69) is 23.5 Å². The molecular formula is C18H29N3. The standard InChI is InChI=1S/C18H29N3/c1-13(19-4-3-14-11-20-21(2)12-14)18-8-15-5-16(9-18)7-17(6-15)10-18/h11-13,15-17,19H,3-10H2,1-2H3. The third kappa shape index (κ3) is 2.54. The molecule has 3 nitrogen and oxygen atoms in total. The fourth-order valence-corrected chi connectivity index (χ4v) is 5.96. The number of nitrogens with zero attached hydrogens (tertiary/aromatic N) is 2. The Morgan fingerprint density at radius 2 is 1.86 bits per heavy atom. The van der Waals surface area contributed by atoms with E-state index in [1.54, 1.807) is 19.3 Å². The van der Waals surface area contributed by atoms with Gasteiger partial charge >= 0.3 is 0 Å². The fraction of sp³-hybridized carbons (Fsp3) is 0.833. The van der Waals surface area contributed by atoms with Crippen LogP contribution >= 0.6 is 0 Å². The van der Waals surface area contributed by atoms with Gasteiger partial charge in [-0.3, -0.25) is 4.68 Å². The summed E-state index contributed by atoms with van der Waals surface area (Å²) in [4.78, 5) is 0. The molecule has 4 bridgehead atoms. The van der Waals surface area contributed by atoms with E-state index >= 15 is 0 Å². The Kier molecular flexibility index (Phi) is 3.36. The highest BCUT2D eigenvalue weighted by Gasteiger charge is 2.52. The summed E-state index contributed by atoms with van der Waals surface area (Å²) in [5, 5.41) is 8.12. The minimum Gasteiger partial charge on any atom is -0.313 e. The topological polar surface area (TPSA) is 29.9 Å². The van der Waals surface area contributed by atoms with Gasteiger partial charge in [-0.2, -0.15) is 5.10 Å². The highest BCUT2D eigenvalue weighted by Crippen LogP contribution is 2.61. The van der Waals surface area contributed by atoms with Gasteiger partial charge in [0, 0.05) is 19.3 Å². The van der Waals surface area contributed by atoms with Crippen LogP contribution < -0.4 is 5.32 Å². The fourth-order valence-electron chi connectivity index (χ4n) is 5.96. The first-order chi connectivity index (χ1) is 10.1. The summed E-state index contributed by atoms with van der Waals surface area (Å²) in [5.41, 5.74) is 1.98. The third-order valence-corrected chi connectivity index (χ3v) is 6.63. The van der Waals surface area contributed by atoms with Gasteiger partial charge in [-0.1, -0.05) is 0 Å². The first kappa shape index (κ1) is 13.8. The Labute approximate surface area is 128 Å². The molecule has 5 rings (SSSR count). The molecule has 0 aliphatic heterocycles. The monoisotopic (exact) mass is 287 g/mol. The van der Waals surface area contributed by atoms with E-state index in [0.717, 1.165) is 30.7 Å². The molecule has 1 unspecified atom stereocenters. The van der Waals surface area contributed by atoms with Gasteiger partial charge in [0.05, 0.1) is 6.20 Å². The maximum absolute atomic E-state index is 4.26. The molecule has 1 heterocycles. The van der Waals surface area contributed by atoms with Gasteiger partial charge in [0.1, 0.15) is 0 Å². The Morgan fingerprint density at radius 3 is 2.38 bits per heavy atom. The van der Waals surface area contributed by atoms with Crippen LogP contribution in [0.1, 0.15) is 51.0 Å². The van der Waals surface area contributed by atoms with Crippen LogP contribution in [0.4, 0.5) is 0 Å². The van der Waals surface area contributed by atoms with E-state index in [9.17, 15) is 0 Å². The number of rotatable bonds is 5. The van der Waals surface area contributed by atoms with Crippen LogP contribution in [0.3, 0.4) is 0 Å². The van der Waals surface area contributed by atoms with Crippen molar-refractivity contribution in [3.05, 3.63) is 18.0 Å². The van der Waals surface area contributed by atoms with Crippen LogP contribution in [0, 0.1) is 23.2 Å². The minimum absolute atomic E-state index is 0.629. The Balaban J connectivity index is 1.35. The molecule has 21 heavy (non-hydrogen) atoms. The molecule has 1 atom stereocenters. The zero-order chi connectivity index (χ0) is 14.4. The summed E-state index contributed by atoms with van der Waals surface area (Å²) in [6.07, 6.45) is 14.4. The van der Waals surface area contributed by atoms with E-state index < -0.39 is 0 Å². The number of nitrogens with one attached hydrogen (secondary N) is 1. The lowest BCUT2D eigenvalue weighted by Gasteiger charge is -2.59. The average Bonchev–Trinajstić information content (AvgIpc) is 2.83. The van der Waals surface area contributed by atoms with E-state index in [0.29, 0.717) is 11.5 Å². The van der Waals surface area contributed by atoms with Crippen LogP contribution in [-0.4, -0.2) is 22.4 Å². The lowest BCUT2D eigenvalue weighted by atomic mass is 9.48. The van der Waals surface area contributed by atoms with Crippen molar-refractivity contribution in [3.8, 4) is 0 Å². The first-order valence-electron chi connectivity index (χ1n) is 8.84. The molecule has 4 aliphatic carbocycles. The summed E-state index contributed by atoms with van der Waals surface area (Å²) < 4.78 is 1.90. The van der Waals surface area contributed by atoms with Crippen molar-refractivity contribution in [2.75, 3.05) is 6.54 Å². The van der Waals surface area contributed by atoms with Gasteiger partial charge in [0.2, 0.25) is 0 Å². The molecule has 1 N–H and O–H groups in total. The van der Waals surface area contributed by atoms with Crippen LogP contribution in [0.5, 0.6) is 0 Å². The second-order valence-corrected chi connectivity index (χ2v) is 8.23. The molecule has 0 spiro atoms. The Bertz CT molecular complexity index is 469. The summed E-state index contributed by atoms with van der Waals surface area (Å²) in [5.74, 6) is 3.16. The molecule has 0 saturated heterocycles. The van der Waals surface area contributed by atoms with Crippen molar-refractivity contribution in [2.24, 2.45) is 30.2 Å². The Hall–Kier alpha value is -0.830. The molecule has 4 saturated carbocycles. The van der Waals surface area contributed by atoms with Crippen LogP contribution in [0.15, 0.2) is 12.4 Å². The molecule has 0 radical (unpaired) electrons. The molecule has 0 amide bonds. The number of aryl methyl sites for hydroxylation is 1. The van der Waals surface area contributed by atoms with Gasteiger partial charge in [-0.25, -0.2) is 0 Å². The summed E-state index contributed by atoms with van der Waals surface area (Å²) in [6.45, 7) is 3.55. The van der Waals surface area contributed by atoms with Gasteiger partial charge in [-0.05, 0) is 87.1 Å². The smallest absolute Gasteiger partial charge is 0.0522 e. The number of aromatic nitrogens is 2. The van der Waals surface area contributed by atoms with Crippen molar-refractivity contribution in [1.29, 1.82) is 0 Å². The second kappa shape index (κ2) is 5.12. The second-order valence-electron chi connectivity index (χ2n) is 8.23. The van der Waals surface area contributed by atoms with Crippen LogP contribution in [0.25, 0.3) is 0 Å². The van der Waals surface area contributed by atoms with Crippen molar-refractivity contribution in [1.82, 2.24) is 15.1 Å². The molecule has 3 heteroatoms. The highest BCUT2D eigenvalue weighted by atomic mass is 15.2. The lowest BCUT2D eigenvalue weighted by Crippen LogP contribution is -2.55. The lowest BCUT2D eigenvalue weighted by molar-refractivity contribution is -0.0702. The zero-order valence-electron chi connectivity index (χ0n) is 13.5. The minimum atomic E-state index is 0.629. The molecule has 0 aromatic carbocycles. The maximum atomic E-state index is 4.26. The van der Waals surface area contributed by atoms with Crippen molar-refractivity contribution < 1.29 is 0 Å². The van der Waals surface area contributed by atoms with Gasteiger partial charge in [0.15, 0.2) is 0 Å². The van der Waals surface area contributed by atoms with Crippen molar-refractivity contribution in [3.63, 3.8) is 0 Å². The summed E-state index contributed by atoms with van der Waals surface area (Å²) in [6, 6.07) is 0.683.